The molecule has 0 fully saturated rings. The SMILES string of the molecule is CCOC(=O)C(CC#N)C(=O)c1ccccc1F. The van der Waals surface area contributed by atoms with E-state index in [1.807, 2.05) is 0 Å². The molecule has 0 radical (unpaired) electrons. The minimum Gasteiger partial charge on any atom is -0.465 e. The summed E-state index contributed by atoms with van der Waals surface area (Å²) >= 11 is 0. The second kappa shape index (κ2) is 6.50. The molecular formula is C13H12FNO3. The molecule has 0 aliphatic heterocycles. The molecule has 0 amide bonds. The van der Waals surface area contributed by atoms with E-state index in [0.29, 0.717) is 0 Å². The highest BCUT2D eigenvalue weighted by molar-refractivity contribution is 6.08. The smallest absolute Gasteiger partial charge is 0.317 e. The van der Waals surface area contributed by atoms with Crippen molar-refractivity contribution < 1.29 is 18.7 Å². The first-order valence-electron chi connectivity index (χ1n) is 5.44. The van der Waals surface area contributed by atoms with Crippen LogP contribution < -0.4 is 0 Å². The number of benzene rings is 1. The number of halogens is 1. The van der Waals surface area contributed by atoms with Gasteiger partial charge >= 0.3 is 5.97 Å². The first-order valence-corrected chi connectivity index (χ1v) is 5.44. The van der Waals surface area contributed by atoms with Gasteiger partial charge in [-0.3, -0.25) is 9.59 Å². The van der Waals surface area contributed by atoms with Crippen molar-refractivity contribution in [3.8, 4) is 6.07 Å². The van der Waals surface area contributed by atoms with Crippen molar-refractivity contribution in [2.45, 2.75) is 13.3 Å². The van der Waals surface area contributed by atoms with Crippen LogP contribution in [0.2, 0.25) is 0 Å². The number of rotatable bonds is 5. The monoisotopic (exact) mass is 249 g/mol. The lowest BCUT2D eigenvalue weighted by Crippen LogP contribution is -2.26. The van der Waals surface area contributed by atoms with Crippen LogP contribution in [0.5, 0.6) is 0 Å². The predicted octanol–water partition coefficient (Wildman–Crippen LogP) is 2.10. The molecule has 0 heterocycles. The lowest BCUT2D eigenvalue weighted by Gasteiger charge is -2.11. The van der Waals surface area contributed by atoms with Crippen LogP contribution in [-0.4, -0.2) is 18.4 Å². The summed E-state index contributed by atoms with van der Waals surface area (Å²) in [5.74, 6) is -3.51. The van der Waals surface area contributed by atoms with Gasteiger partial charge in [0.1, 0.15) is 11.7 Å². The second-order valence-electron chi connectivity index (χ2n) is 3.51. The lowest BCUT2D eigenvalue weighted by molar-refractivity contribution is -0.146. The number of nitriles is 1. The third kappa shape index (κ3) is 3.14. The molecule has 0 aliphatic rings. The third-order valence-electron chi connectivity index (χ3n) is 2.32. The molecule has 0 spiro atoms. The van der Waals surface area contributed by atoms with Crippen LogP contribution in [0.25, 0.3) is 0 Å². The Hall–Kier alpha value is -2.22. The summed E-state index contributed by atoms with van der Waals surface area (Å²) in [4.78, 5) is 23.5. The Morgan fingerprint density at radius 1 is 1.44 bits per heavy atom. The summed E-state index contributed by atoms with van der Waals surface area (Å²) in [7, 11) is 0. The largest absolute Gasteiger partial charge is 0.465 e. The van der Waals surface area contributed by atoms with Crippen molar-refractivity contribution in [2.24, 2.45) is 5.92 Å². The van der Waals surface area contributed by atoms with Crippen molar-refractivity contribution in [3.05, 3.63) is 35.6 Å². The van der Waals surface area contributed by atoms with Gasteiger partial charge in [-0.1, -0.05) is 12.1 Å². The number of nitrogens with zero attached hydrogens (tertiary/aromatic N) is 1. The second-order valence-corrected chi connectivity index (χ2v) is 3.51. The highest BCUT2D eigenvalue weighted by Crippen LogP contribution is 2.16. The molecule has 4 nitrogen and oxygen atoms in total. The average Bonchev–Trinajstić information content (AvgIpc) is 2.36. The maximum atomic E-state index is 13.4. The van der Waals surface area contributed by atoms with E-state index in [0.717, 1.165) is 6.07 Å². The summed E-state index contributed by atoms with van der Waals surface area (Å²) in [6.45, 7) is 1.69. The summed E-state index contributed by atoms with van der Waals surface area (Å²) in [6, 6.07) is 7.07. The van der Waals surface area contributed by atoms with Crippen LogP contribution in [0.1, 0.15) is 23.7 Å². The van der Waals surface area contributed by atoms with Gasteiger partial charge in [0.15, 0.2) is 5.78 Å². The molecule has 5 heteroatoms. The number of ketones is 1. The number of carbonyl (C=O) groups is 2. The molecule has 1 rings (SSSR count). The van der Waals surface area contributed by atoms with E-state index in [4.69, 9.17) is 10.00 Å². The zero-order valence-corrected chi connectivity index (χ0v) is 9.85. The number of esters is 1. The van der Waals surface area contributed by atoms with E-state index in [2.05, 4.69) is 0 Å². The fraction of sp³-hybridized carbons (Fsp3) is 0.308. The van der Waals surface area contributed by atoms with Crippen LogP contribution in [0.3, 0.4) is 0 Å². The van der Waals surface area contributed by atoms with Gasteiger partial charge in [0.25, 0.3) is 0 Å². The van der Waals surface area contributed by atoms with Crippen LogP contribution in [-0.2, 0) is 9.53 Å². The predicted molar refractivity (Wildman–Crippen MR) is 61.1 cm³/mol. The Kier molecular flexibility index (Phi) is 5.00. The Balaban J connectivity index is 3.01. The molecule has 0 saturated carbocycles. The van der Waals surface area contributed by atoms with Gasteiger partial charge in [-0.25, -0.2) is 4.39 Å². The lowest BCUT2D eigenvalue weighted by atomic mass is 9.95. The summed E-state index contributed by atoms with van der Waals surface area (Å²) in [5.41, 5.74) is -0.203. The Morgan fingerprint density at radius 2 is 2.11 bits per heavy atom. The maximum Gasteiger partial charge on any atom is 0.317 e. The summed E-state index contributed by atoms with van der Waals surface area (Å²) in [6.07, 6.45) is -0.327. The zero-order chi connectivity index (χ0) is 13.5. The van der Waals surface area contributed by atoms with Gasteiger partial charge in [0.2, 0.25) is 0 Å². The number of Topliss-reactive ketones (excluding diaryl/α,β-unsaturated/α-hetero) is 1. The van der Waals surface area contributed by atoms with Gasteiger partial charge in [-0.05, 0) is 19.1 Å². The van der Waals surface area contributed by atoms with Crippen molar-refractivity contribution in [3.63, 3.8) is 0 Å². The highest BCUT2D eigenvalue weighted by Gasteiger charge is 2.30. The molecule has 0 bridgehead atoms. The van der Waals surface area contributed by atoms with E-state index in [9.17, 15) is 14.0 Å². The number of ether oxygens (including phenoxy) is 1. The molecule has 0 N–H and O–H groups in total. The van der Waals surface area contributed by atoms with Crippen LogP contribution in [0.15, 0.2) is 24.3 Å². The Morgan fingerprint density at radius 3 is 2.67 bits per heavy atom. The van der Waals surface area contributed by atoms with Gasteiger partial charge in [-0.15, -0.1) is 0 Å². The molecule has 1 unspecified atom stereocenters. The minimum atomic E-state index is -1.27. The molecule has 94 valence electrons. The molecule has 1 aromatic rings. The molecule has 1 atom stereocenters. The van der Waals surface area contributed by atoms with Crippen molar-refractivity contribution in [1.82, 2.24) is 0 Å². The molecule has 1 aromatic carbocycles. The van der Waals surface area contributed by atoms with Gasteiger partial charge in [0.05, 0.1) is 24.7 Å². The van der Waals surface area contributed by atoms with Crippen molar-refractivity contribution >= 4 is 11.8 Å². The zero-order valence-electron chi connectivity index (χ0n) is 9.85. The Bertz CT molecular complexity index is 493. The number of carbonyl (C=O) groups excluding carboxylic acids is 2. The highest BCUT2D eigenvalue weighted by atomic mass is 19.1. The van der Waals surface area contributed by atoms with E-state index in [1.165, 1.54) is 18.2 Å². The van der Waals surface area contributed by atoms with E-state index < -0.39 is 23.5 Å². The molecular weight excluding hydrogens is 237 g/mol. The number of hydrogen-bond donors (Lipinski definition) is 0. The van der Waals surface area contributed by atoms with Crippen LogP contribution in [0.4, 0.5) is 4.39 Å². The summed E-state index contributed by atoms with van der Waals surface area (Å²) < 4.78 is 18.1. The normalized spacial score (nSPS) is 11.4. The van der Waals surface area contributed by atoms with E-state index in [-0.39, 0.29) is 18.6 Å². The topological polar surface area (TPSA) is 67.2 Å². The fourth-order valence-electron chi connectivity index (χ4n) is 1.47. The molecule has 18 heavy (non-hydrogen) atoms. The van der Waals surface area contributed by atoms with Gasteiger partial charge < -0.3 is 4.74 Å². The standard InChI is InChI=1S/C13H12FNO3/c1-2-18-13(17)10(7-8-15)12(16)9-5-3-4-6-11(9)14/h3-6,10H,2,7H2,1H3. The van der Waals surface area contributed by atoms with Crippen molar-refractivity contribution in [1.29, 1.82) is 5.26 Å². The third-order valence-corrected chi connectivity index (χ3v) is 2.32. The molecule has 0 aromatic heterocycles. The average molecular weight is 249 g/mol. The molecule has 0 saturated heterocycles. The van der Waals surface area contributed by atoms with Gasteiger partial charge in [-0.2, -0.15) is 5.26 Å². The van der Waals surface area contributed by atoms with Crippen LogP contribution in [0, 0.1) is 23.1 Å². The maximum absolute atomic E-state index is 13.4. The van der Waals surface area contributed by atoms with Gasteiger partial charge in [0, 0.05) is 0 Å². The van der Waals surface area contributed by atoms with E-state index >= 15 is 0 Å². The Labute approximate surface area is 104 Å². The van der Waals surface area contributed by atoms with Crippen molar-refractivity contribution in [2.75, 3.05) is 6.61 Å². The van der Waals surface area contributed by atoms with E-state index in [1.54, 1.807) is 13.0 Å². The summed E-state index contributed by atoms with van der Waals surface area (Å²) in [5, 5.41) is 8.62. The van der Waals surface area contributed by atoms with Crippen LogP contribution >= 0.6 is 0 Å². The number of hydrogen-bond acceptors (Lipinski definition) is 4. The minimum absolute atomic E-state index is 0.102. The quantitative estimate of drug-likeness (QED) is 0.455. The fourth-order valence-corrected chi connectivity index (χ4v) is 1.47. The molecule has 0 aliphatic carbocycles. The first-order chi connectivity index (χ1) is 8.61. The first kappa shape index (κ1) is 13.8.